The highest BCUT2D eigenvalue weighted by molar-refractivity contribution is 9.10. The van der Waals surface area contributed by atoms with Crippen LogP contribution in [0.4, 0.5) is 18.9 Å². The number of ether oxygens (including phenoxy) is 1. The zero-order valence-corrected chi connectivity index (χ0v) is 13.3. The third kappa shape index (κ3) is 4.78. The van der Waals surface area contributed by atoms with E-state index in [1.165, 1.54) is 6.07 Å². The van der Waals surface area contributed by atoms with Gasteiger partial charge in [0.1, 0.15) is 0 Å². The molecule has 0 atom stereocenters. The Morgan fingerprint density at radius 3 is 2.57 bits per heavy atom. The van der Waals surface area contributed by atoms with Crippen molar-refractivity contribution >= 4 is 21.6 Å². The molecule has 0 aromatic heterocycles. The van der Waals surface area contributed by atoms with Gasteiger partial charge in [-0.3, -0.25) is 0 Å². The van der Waals surface area contributed by atoms with E-state index in [4.69, 9.17) is 0 Å². The smallest absolute Gasteiger partial charge is 0.404 e. The van der Waals surface area contributed by atoms with Crippen LogP contribution in [-0.2, 0) is 0 Å². The van der Waals surface area contributed by atoms with Crippen LogP contribution in [0.2, 0.25) is 0 Å². The van der Waals surface area contributed by atoms with Crippen LogP contribution >= 0.6 is 15.9 Å². The molecule has 1 fully saturated rings. The van der Waals surface area contributed by atoms with E-state index in [1.54, 1.807) is 12.1 Å². The summed E-state index contributed by atoms with van der Waals surface area (Å²) in [6, 6.07) is 5.20. The second kappa shape index (κ2) is 6.87. The predicted molar refractivity (Wildman–Crippen MR) is 79.7 cm³/mol. The van der Waals surface area contributed by atoms with E-state index in [-0.39, 0.29) is 5.75 Å². The molecule has 1 heterocycles. The quantitative estimate of drug-likeness (QED) is 0.873. The van der Waals surface area contributed by atoms with Crippen LogP contribution < -0.4 is 15.0 Å². The number of hydrogen-bond acceptors (Lipinski definition) is 3. The lowest BCUT2D eigenvalue weighted by molar-refractivity contribution is -0.274. The van der Waals surface area contributed by atoms with Gasteiger partial charge in [0, 0.05) is 23.6 Å². The summed E-state index contributed by atoms with van der Waals surface area (Å²) in [6.45, 7) is 4.39. The van der Waals surface area contributed by atoms with E-state index < -0.39 is 6.36 Å². The van der Waals surface area contributed by atoms with E-state index in [0.717, 1.165) is 19.4 Å². The van der Waals surface area contributed by atoms with Crippen LogP contribution in [0, 0.1) is 0 Å². The van der Waals surface area contributed by atoms with Gasteiger partial charge in [-0.05, 0) is 37.6 Å². The lowest BCUT2D eigenvalue weighted by Gasteiger charge is -2.34. The fraction of sp³-hybridized carbons (Fsp3) is 0.571. The summed E-state index contributed by atoms with van der Waals surface area (Å²) in [5.41, 5.74) is 0.491. The highest BCUT2D eigenvalue weighted by Gasteiger charge is 2.33. The molecule has 1 aliphatic rings. The SMILES string of the molecule is CCNC1CCN(c2ccc(Br)cc2OC(F)(F)F)CC1. The fourth-order valence-electron chi connectivity index (χ4n) is 2.57. The van der Waals surface area contributed by atoms with Crippen LogP contribution in [0.15, 0.2) is 22.7 Å². The Balaban J connectivity index is 2.13. The average molecular weight is 367 g/mol. The van der Waals surface area contributed by atoms with Crippen LogP contribution in [0.5, 0.6) is 5.75 Å². The Morgan fingerprint density at radius 1 is 1.33 bits per heavy atom. The van der Waals surface area contributed by atoms with Crippen LogP contribution in [0.1, 0.15) is 19.8 Å². The van der Waals surface area contributed by atoms with Crippen LogP contribution in [-0.4, -0.2) is 32.0 Å². The topological polar surface area (TPSA) is 24.5 Å². The number of piperidine rings is 1. The second-order valence-electron chi connectivity index (χ2n) is 4.98. The molecule has 3 nitrogen and oxygen atoms in total. The van der Waals surface area contributed by atoms with Crippen molar-refractivity contribution in [1.82, 2.24) is 5.32 Å². The molecule has 118 valence electrons. The van der Waals surface area contributed by atoms with Crippen molar-refractivity contribution in [3.05, 3.63) is 22.7 Å². The molecule has 7 heteroatoms. The molecule has 21 heavy (non-hydrogen) atoms. The molecule has 0 aliphatic carbocycles. The van der Waals surface area contributed by atoms with E-state index in [2.05, 4.69) is 32.9 Å². The highest BCUT2D eigenvalue weighted by Crippen LogP contribution is 2.36. The van der Waals surface area contributed by atoms with Gasteiger partial charge in [-0.2, -0.15) is 0 Å². The van der Waals surface area contributed by atoms with Crippen molar-refractivity contribution in [3.63, 3.8) is 0 Å². The molecule has 1 aromatic rings. The van der Waals surface area contributed by atoms with Crippen molar-refractivity contribution < 1.29 is 17.9 Å². The lowest BCUT2D eigenvalue weighted by atomic mass is 10.0. The molecular formula is C14H18BrF3N2O. The summed E-state index contributed by atoms with van der Waals surface area (Å²) in [7, 11) is 0. The number of alkyl halides is 3. The Kier molecular flexibility index (Phi) is 5.37. The first-order valence-electron chi connectivity index (χ1n) is 6.92. The summed E-state index contributed by atoms with van der Waals surface area (Å²) >= 11 is 3.18. The Labute approximate surface area is 130 Å². The van der Waals surface area contributed by atoms with E-state index in [9.17, 15) is 13.2 Å². The predicted octanol–water partition coefficient (Wildman–Crippen LogP) is 3.93. The molecule has 0 amide bonds. The number of anilines is 1. The van der Waals surface area contributed by atoms with Crippen LogP contribution in [0.3, 0.4) is 0 Å². The first-order valence-corrected chi connectivity index (χ1v) is 7.72. The highest BCUT2D eigenvalue weighted by atomic mass is 79.9. The maximum Gasteiger partial charge on any atom is 0.573 e. The molecule has 1 saturated heterocycles. The van der Waals surface area contributed by atoms with Gasteiger partial charge in [-0.15, -0.1) is 13.2 Å². The minimum absolute atomic E-state index is 0.154. The second-order valence-corrected chi connectivity index (χ2v) is 5.89. The van der Waals surface area contributed by atoms with Crippen molar-refractivity contribution in [3.8, 4) is 5.75 Å². The molecule has 0 unspecified atom stereocenters. The largest absolute Gasteiger partial charge is 0.573 e. The molecule has 1 aliphatic heterocycles. The summed E-state index contributed by atoms with van der Waals surface area (Å²) in [4.78, 5) is 1.95. The first kappa shape index (κ1) is 16.4. The molecule has 0 saturated carbocycles. The van der Waals surface area contributed by atoms with Crippen molar-refractivity contribution in [1.29, 1.82) is 0 Å². The van der Waals surface area contributed by atoms with Gasteiger partial charge in [0.05, 0.1) is 5.69 Å². The molecule has 1 aromatic carbocycles. The monoisotopic (exact) mass is 366 g/mol. The van der Waals surface area contributed by atoms with Crippen molar-refractivity contribution in [2.24, 2.45) is 0 Å². The van der Waals surface area contributed by atoms with Gasteiger partial charge in [-0.1, -0.05) is 22.9 Å². The van der Waals surface area contributed by atoms with Gasteiger partial charge >= 0.3 is 6.36 Å². The number of benzene rings is 1. The summed E-state index contributed by atoms with van der Waals surface area (Å²) < 4.78 is 42.3. The van der Waals surface area contributed by atoms with Gasteiger partial charge in [0.2, 0.25) is 0 Å². The normalized spacial score (nSPS) is 17.1. The minimum Gasteiger partial charge on any atom is -0.404 e. The van der Waals surface area contributed by atoms with Crippen molar-refractivity contribution in [2.75, 3.05) is 24.5 Å². The maximum absolute atomic E-state index is 12.5. The Morgan fingerprint density at radius 2 is 2.00 bits per heavy atom. The van der Waals surface area contributed by atoms with Gasteiger partial charge in [0.15, 0.2) is 5.75 Å². The fourth-order valence-corrected chi connectivity index (χ4v) is 2.91. The number of halogens is 4. The first-order chi connectivity index (χ1) is 9.89. The minimum atomic E-state index is -4.68. The van der Waals surface area contributed by atoms with E-state index in [0.29, 0.717) is 29.3 Å². The molecule has 0 radical (unpaired) electrons. The average Bonchev–Trinajstić information content (AvgIpc) is 2.39. The van der Waals surface area contributed by atoms with Crippen LogP contribution in [0.25, 0.3) is 0 Å². The zero-order chi connectivity index (χ0) is 15.5. The summed E-state index contributed by atoms with van der Waals surface area (Å²) in [5, 5.41) is 3.37. The number of hydrogen-bond donors (Lipinski definition) is 1. The molecule has 0 spiro atoms. The standard InChI is InChI=1S/C14H18BrF3N2O/c1-2-19-11-5-7-20(8-6-11)12-4-3-10(15)9-13(12)21-14(16,17)18/h3-4,9,11,19H,2,5-8H2,1H3. The van der Waals surface area contributed by atoms with Gasteiger partial charge in [0.25, 0.3) is 0 Å². The number of nitrogens with zero attached hydrogens (tertiary/aromatic N) is 1. The maximum atomic E-state index is 12.5. The van der Waals surface area contributed by atoms with E-state index >= 15 is 0 Å². The summed E-state index contributed by atoms with van der Waals surface area (Å²) in [5.74, 6) is -0.154. The third-order valence-electron chi connectivity index (χ3n) is 3.48. The Hall–Kier alpha value is -0.950. The molecule has 2 rings (SSSR count). The molecule has 1 N–H and O–H groups in total. The number of rotatable bonds is 4. The van der Waals surface area contributed by atoms with E-state index in [1.807, 2.05) is 4.90 Å². The zero-order valence-electron chi connectivity index (χ0n) is 11.7. The summed E-state index contributed by atoms with van der Waals surface area (Å²) in [6.07, 6.45) is -2.86. The molecular weight excluding hydrogens is 349 g/mol. The van der Waals surface area contributed by atoms with Crippen molar-refractivity contribution in [2.45, 2.75) is 32.2 Å². The van der Waals surface area contributed by atoms with Gasteiger partial charge < -0.3 is 15.0 Å². The van der Waals surface area contributed by atoms with Gasteiger partial charge in [-0.25, -0.2) is 0 Å². The third-order valence-corrected chi connectivity index (χ3v) is 3.97. The Bertz CT molecular complexity index is 474. The lowest BCUT2D eigenvalue weighted by Crippen LogP contribution is -2.42. The molecule has 0 bridgehead atoms. The number of nitrogens with one attached hydrogen (secondary N) is 1.